The van der Waals surface area contributed by atoms with E-state index in [0.717, 1.165) is 50.0 Å². The van der Waals surface area contributed by atoms with Crippen molar-refractivity contribution in [3.8, 4) is 0 Å². The molecule has 1 saturated heterocycles. The number of hydrogen-bond donors (Lipinski definition) is 2. The van der Waals surface area contributed by atoms with Crippen molar-refractivity contribution in [3.05, 3.63) is 29.3 Å². The van der Waals surface area contributed by atoms with Gasteiger partial charge in [-0.25, -0.2) is 0 Å². The molecule has 0 saturated carbocycles. The first kappa shape index (κ1) is 18.7. The summed E-state index contributed by atoms with van der Waals surface area (Å²) in [6.07, 6.45) is 5.05. The first-order valence-electron chi connectivity index (χ1n) is 8.53. The Labute approximate surface area is 149 Å². The number of halogens is 1. The van der Waals surface area contributed by atoms with E-state index in [4.69, 9.17) is 0 Å². The minimum absolute atomic E-state index is 0. The van der Waals surface area contributed by atoms with E-state index >= 15 is 0 Å². The van der Waals surface area contributed by atoms with Crippen LogP contribution in [0.1, 0.15) is 36.8 Å². The highest BCUT2D eigenvalue weighted by molar-refractivity contribution is 5.99. The Bertz CT molecular complexity index is 606. The molecule has 132 valence electrons. The summed E-state index contributed by atoms with van der Waals surface area (Å²) in [4.78, 5) is 25.8. The standard InChI is InChI=1S/C18H25N3O2.ClH/c1-19-12-15-5-3-9-21(15)18(23)6-2-4-13-7-8-16-14(10-13)11-17(22)20-16;/h7-8,10,15,19H,2-6,9,11-12H2,1H3,(H,20,22);1H. The Balaban J connectivity index is 0.00000208. The van der Waals surface area contributed by atoms with Crippen LogP contribution >= 0.6 is 12.4 Å². The van der Waals surface area contributed by atoms with Gasteiger partial charge in [0, 0.05) is 31.2 Å². The van der Waals surface area contributed by atoms with E-state index in [1.165, 1.54) is 5.56 Å². The van der Waals surface area contributed by atoms with E-state index in [1.54, 1.807) is 0 Å². The van der Waals surface area contributed by atoms with Crippen LogP contribution in [-0.2, 0) is 22.4 Å². The van der Waals surface area contributed by atoms with E-state index in [2.05, 4.69) is 22.8 Å². The van der Waals surface area contributed by atoms with Crippen molar-refractivity contribution >= 4 is 29.9 Å². The number of rotatable bonds is 6. The highest BCUT2D eigenvalue weighted by atomic mass is 35.5. The van der Waals surface area contributed by atoms with Crippen LogP contribution in [0.15, 0.2) is 18.2 Å². The molecule has 1 aromatic carbocycles. The van der Waals surface area contributed by atoms with Crippen LogP contribution in [0, 0.1) is 0 Å². The highest BCUT2D eigenvalue weighted by Crippen LogP contribution is 2.25. The van der Waals surface area contributed by atoms with Gasteiger partial charge in [-0.15, -0.1) is 12.4 Å². The second kappa shape index (κ2) is 8.49. The minimum atomic E-state index is 0. The number of carbonyl (C=O) groups is 2. The molecule has 1 unspecified atom stereocenters. The van der Waals surface area contributed by atoms with Gasteiger partial charge < -0.3 is 15.5 Å². The largest absolute Gasteiger partial charge is 0.338 e. The topological polar surface area (TPSA) is 61.4 Å². The molecule has 5 nitrogen and oxygen atoms in total. The first-order valence-corrected chi connectivity index (χ1v) is 8.53. The fourth-order valence-corrected chi connectivity index (χ4v) is 3.64. The Kier molecular flexibility index (Phi) is 6.63. The lowest BCUT2D eigenvalue weighted by Gasteiger charge is -2.24. The molecule has 0 spiro atoms. The third-order valence-corrected chi connectivity index (χ3v) is 4.79. The summed E-state index contributed by atoms with van der Waals surface area (Å²) >= 11 is 0. The monoisotopic (exact) mass is 351 g/mol. The molecule has 2 aliphatic rings. The summed E-state index contributed by atoms with van der Waals surface area (Å²) in [5, 5.41) is 6.02. The summed E-state index contributed by atoms with van der Waals surface area (Å²) < 4.78 is 0. The quantitative estimate of drug-likeness (QED) is 0.825. The molecule has 2 heterocycles. The van der Waals surface area contributed by atoms with Crippen molar-refractivity contribution < 1.29 is 9.59 Å². The second-order valence-corrected chi connectivity index (χ2v) is 6.51. The zero-order valence-corrected chi connectivity index (χ0v) is 15.0. The van der Waals surface area contributed by atoms with Gasteiger partial charge >= 0.3 is 0 Å². The smallest absolute Gasteiger partial charge is 0.228 e. The molecule has 2 N–H and O–H groups in total. The van der Waals surface area contributed by atoms with Gasteiger partial charge in [-0.05, 0) is 49.9 Å². The molecule has 24 heavy (non-hydrogen) atoms. The number of anilines is 1. The van der Waals surface area contributed by atoms with Gasteiger partial charge in [0.25, 0.3) is 0 Å². The van der Waals surface area contributed by atoms with Gasteiger partial charge in [-0.2, -0.15) is 0 Å². The molecule has 1 fully saturated rings. The van der Waals surface area contributed by atoms with Crippen LogP contribution < -0.4 is 10.6 Å². The number of carbonyl (C=O) groups excluding carboxylic acids is 2. The van der Waals surface area contributed by atoms with Gasteiger partial charge in [-0.1, -0.05) is 12.1 Å². The van der Waals surface area contributed by atoms with Crippen molar-refractivity contribution in [2.45, 2.75) is 44.6 Å². The van der Waals surface area contributed by atoms with Crippen LogP contribution in [-0.4, -0.2) is 42.9 Å². The van der Waals surface area contributed by atoms with E-state index in [1.807, 2.05) is 18.0 Å². The zero-order chi connectivity index (χ0) is 16.2. The molecule has 0 bridgehead atoms. The minimum Gasteiger partial charge on any atom is -0.338 e. The Morgan fingerprint density at radius 1 is 1.42 bits per heavy atom. The van der Waals surface area contributed by atoms with Gasteiger partial charge in [0.2, 0.25) is 11.8 Å². The summed E-state index contributed by atoms with van der Waals surface area (Å²) in [6, 6.07) is 6.48. The molecule has 1 aromatic rings. The second-order valence-electron chi connectivity index (χ2n) is 6.51. The summed E-state index contributed by atoms with van der Waals surface area (Å²) in [5.74, 6) is 0.345. The van der Waals surface area contributed by atoms with Crippen molar-refractivity contribution in [2.75, 3.05) is 25.5 Å². The number of aryl methyl sites for hydroxylation is 1. The number of fused-ring (bicyclic) bond motifs is 1. The van der Waals surface area contributed by atoms with Gasteiger partial charge in [0.1, 0.15) is 0 Å². The van der Waals surface area contributed by atoms with Crippen LogP contribution in [0.25, 0.3) is 0 Å². The van der Waals surface area contributed by atoms with E-state index < -0.39 is 0 Å². The number of amides is 2. The van der Waals surface area contributed by atoms with Gasteiger partial charge in [-0.3, -0.25) is 9.59 Å². The van der Waals surface area contributed by atoms with Crippen molar-refractivity contribution in [2.24, 2.45) is 0 Å². The van der Waals surface area contributed by atoms with Crippen molar-refractivity contribution in [1.82, 2.24) is 10.2 Å². The maximum absolute atomic E-state index is 12.4. The lowest BCUT2D eigenvalue weighted by Crippen LogP contribution is -2.40. The number of nitrogens with one attached hydrogen (secondary N) is 2. The van der Waals surface area contributed by atoms with Gasteiger partial charge in [0.15, 0.2) is 0 Å². The first-order chi connectivity index (χ1) is 11.2. The van der Waals surface area contributed by atoms with Crippen LogP contribution in [0.2, 0.25) is 0 Å². The summed E-state index contributed by atoms with van der Waals surface area (Å²) in [7, 11) is 1.94. The van der Waals surface area contributed by atoms with Crippen molar-refractivity contribution in [3.63, 3.8) is 0 Å². The number of benzene rings is 1. The fourth-order valence-electron chi connectivity index (χ4n) is 3.64. The maximum atomic E-state index is 12.4. The molecule has 0 radical (unpaired) electrons. The average molecular weight is 352 g/mol. The predicted molar refractivity (Wildman–Crippen MR) is 97.6 cm³/mol. The lowest BCUT2D eigenvalue weighted by molar-refractivity contribution is -0.132. The molecule has 1 atom stereocenters. The Hall–Kier alpha value is -1.59. The Morgan fingerprint density at radius 2 is 2.25 bits per heavy atom. The normalized spacial score (nSPS) is 19.0. The van der Waals surface area contributed by atoms with Crippen molar-refractivity contribution in [1.29, 1.82) is 0 Å². The van der Waals surface area contributed by atoms with E-state index in [-0.39, 0.29) is 24.2 Å². The molecule has 2 aliphatic heterocycles. The Morgan fingerprint density at radius 3 is 3.04 bits per heavy atom. The molecule has 6 heteroatoms. The maximum Gasteiger partial charge on any atom is 0.228 e. The molecular weight excluding hydrogens is 326 g/mol. The third-order valence-electron chi connectivity index (χ3n) is 4.79. The zero-order valence-electron chi connectivity index (χ0n) is 14.1. The molecule has 0 aromatic heterocycles. The van der Waals surface area contributed by atoms with E-state index in [0.29, 0.717) is 18.9 Å². The SMILES string of the molecule is CNCC1CCCN1C(=O)CCCc1ccc2c(c1)CC(=O)N2.Cl. The van der Waals surface area contributed by atoms with Gasteiger partial charge in [0.05, 0.1) is 6.42 Å². The molecular formula is C18H26ClN3O2. The molecule has 2 amide bonds. The lowest BCUT2D eigenvalue weighted by atomic mass is 10.0. The average Bonchev–Trinajstić information content (AvgIpc) is 3.12. The molecule has 0 aliphatic carbocycles. The number of hydrogen-bond acceptors (Lipinski definition) is 3. The number of likely N-dealkylation sites (tertiary alicyclic amines) is 1. The summed E-state index contributed by atoms with van der Waals surface area (Å²) in [6.45, 7) is 1.79. The van der Waals surface area contributed by atoms with Crippen LogP contribution in [0.3, 0.4) is 0 Å². The van der Waals surface area contributed by atoms with Crippen LogP contribution in [0.5, 0.6) is 0 Å². The van der Waals surface area contributed by atoms with Crippen LogP contribution in [0.4, 0.5) is 5.69 Å². The highest BCUT2D eigenvalue weighted by Gasteiger charge is 2.27. The summed E-state index contributed by atoms with van der Waals surface area (Å²) in [5.41, 5.74) is 3.22. The van der Waals surface area contributed by atoms with E-state index in [9.17, 15) is 9.59 Å². The predicted octanol–water partition coefficient (Wildman–Crippen LogP) is 2.14. The number of likely N-dealkylation sites (N-methyl/N-ethyl adjacent to an activating group) is 1. The third kappa shape index (κ3) is 4.28. The fraction of sp³-hybridized carbons (Fsp3) is 0.556. The molecule has 3 rings (SSSR count). The number of nitrogens with zero attached hydrogens (tertiary/aromatic N) is 1.